The van der Waals surface area contributed by atoms with Crippen molar-refractivity contribution in [2.45, 2.75) is 32.2 Å². The van der Waals surface area contributed by atoms with Crippen LogP contribution in [0.5, 0.6) is 0 Å². The minimum absolute atomic E-state index is 0.0831. The van der Waals surface area contributed by atoms with E-state index in [2.05, 4.69) is 39.8 Å². The third kappa shape index (κ3) is 4.49. The monoisotopic (exact) mass is 375 g/mol. The minimum atomic E-state index is -0.673. The van der Waals surface area contributed by atoms with Gasteiger partial charge in [0, 0.05) is 18.8 Å². The minimum Gasteiger partial charge on any atom is -0.372 e. The molecule has 2 aromatic rings. The molecule has 3 nitrogen and oxygen atoms in total. The first kappa shape index (κ1) is 18.6. The molecule has 1 aliphatic heterocycles. The normalized spacial score (nSPS) is 15.4. The van der Waals surface area contributed by atoms with Crippen LogP contribution in [-0.4, -0.2) is 18.2 Å². The molecule has 6 heteroatoms. The maximum absolute atomic E-state index is 13.7. The highest BCUT2D eigenvalue weighted by Crippen LogP contribution is 2.23. The van der Waals surface area contributed by atoms with E-state index in [1.165, 1.54) is 43.1 Å². The molecule has 3 rings (SSSR count). The third-order valence-electron chi connectivity index (χ3n) is 4.66. The molecule has 1 aliphatic rings. The van der Waals surface area contributed by atoms with Crippen LogP contribution in [0.25, 0.3) is 0 Å². The molecule has 0 aromatic heterocycles. The van der Waals surface area contributed by atoms with Crippen molar-refractivity contribution in [2.75, 3.05) is 23.3 Å². The summed E-state index contributed by atoms with van der Waals surface area (Å²) in [7, 11) is 0. The zero-order chi connectivity index (χ0) is 18.5. The lowest BCUT2D eigenvalue weighted by atomic mass is 10.1. The smallest absolute Gasteiger partial charge is 0.171 e. The zero-order valence-corrected chi connectivity index (χ0v) is 15.6. The van der Waals surface area contributed by atoms with Crippen molar-refractivity contribution in [2.24, 2.45) is 0 Å². The Bertz CT molecular complexity index is 738. The van der Waals surface area contributed by atoms with Gasteiger partial charge in [0.25, 0.3) is 0 Å². The summed E-state index contributed by atoms with van der Waals surface area (Å²) >= 11 is 5.20. The van der Waals surface area contributed by atoms with Gasteiger partial charge in [-0.1, -0.05) is 18.2 Å². The number of piperidine rings is 1. The Balaban J connectivity index is 1.60. The average Bonchev–Trinajstić information content (AvgIpc) is 2.66. The number of thiocarbonyl (C=S) groups is 1. The molecule has 0 radical (unpaired) electrons. The van der Waals surface area contributed by atoms with Gasteiger partial charge in [0.05, 0.1) is 6.04 Å². The van der Waals surface area contributed by atoms with Crippen molar-refractivity contribution in [1.29, 1.82) is 0 Å². The van der Waals surface area contributed by atoms with Crippen molar-refractivity contribution < 1.29 is 8.78 Å². The summed E-state index contributed by atoms with van der Waals surface area (Å²) < 4.78 is 27.4. The van der Waals surface area contributed by atoms with E-state index in [4.69, 9.17) is 12.2 Å². The molecule has 0 bridgehead atoms. The quantitative estimate of drug-likeness (QED) is 0.735. The van der Waals surface area contributed by atoms with Crippen molar-refractivity contribution in [1.82, 2.24) is 5.32 Å². The van der Waals surface area contributed by atoms with E-state index in [1.807, 2.05) is 6.92 Å². The summed E-state index contributed by atoms with van der Waals surface area (Å²) in [5.74, 6) is -1.35. The molecule has 0 aliphatic carbocycles. The van der Waals surface area contributed by atoms with Crippen molar-refractivity contribution in [3.8, 4) is 0 Å². The number of benzene rings is 2. The van der Waals surface area contributed by atoms with E-state index in [0.717, 1.165) is 18.7 Å². The van der Waals surface area contributed by atoms with E-state index in [-0.39, 0.29) is 16.8 Å². The number of para-hydroxylation sites is 1. The van der Waals surface area contributed by atoms with Crippen molar-refractivity contribution >= 4 is 28.7 Å². The second-order valence-electron chi connectivity index (χ2n) is 6.56. The van der Waals surface area contributed by atoms with Gasteiger partial charge in [-0.15, -0.1) is 0 Å². The summed E-state index contributed by atoms with van der Waals surface area (Å²) in [6.07, 6.45) is 3.79. The number of nitrogens with zero attached hydrogens (tertiary/aromatic N) is 1. The predicted molar refractivity (Wildman–Crippen MR) is 107 cm³/mol. The Morgan fingerprint density at radius 2 is 1.62 bits per heavy atom. The highest BCUT2D eigenvalue weighted by Gasteiger charge is 2.14. The van der Waals surface area contributed by atoms with E-state index >= 15 is 0 Å². The number of hydrogen-bond acceptors (Lipinski definition) is 2. The van der Waals surface area contributed by atoms with Crippen LogP contribution < -0.4 is 15.5 Å². The Morgan fingerprint density at radius 1 is 1.00 bits per heavy atom. The first-order chi connectivity index (χ1) is 12.5. The first-order valence-electron chi connectivity index (χ1n) is 8.91. The highest BCUT2D eigenvalue weighted by atomic mass is 32.1. The SMILES string of the molecule is C[C@@H](NC(=S)Nc1c(F)cccc1F)c1ccc(N2CCCCC2)cc1. The van der Waals surface area contributed by atoms with E-state index in [1.54, 1.807) is 0 Å². The van der Waals surface area contributed by atoms with Crippen molar-refractivity contribution in [3.05, 3.63) is 59.7 Å². The summed E-state index contributed by atoms with van der Waals surface area (Å²) in [4.78, 5) is 2.40. The average molecular weight is 375 g/mol. The molecule has 0 saturated carbocycles. The maximum atomic E-state index is 13.7. The fraction of sp³-hybridized carbons (Fsp3) is 0.350. The Hall–Kier alpha value is -2.21. The number of rotatable bonds is 4. The maximum Gasteiger partial charge on any atom is 0.171 e. The van der Waals surface area contributed by atoms with Crippen LogP contribution in [0.2, 0.25) is 0 Å². The van der Waals surface area contributed by atoms with E-state index < -0.39 is 11.6 Å². The van der Waals surface area contributed by atoms with Gasteiger partial charge in [-0.05, 0) is 68.2 Å². The highest BCUT2D eigenvalue weighted by molar-refractivity contribution is 7.80. The molecule has 0 unspecified atom stereocenters. The molecule has 1 atom stereocenters. The summed E-state index contributed by atoms with van der Waals surface area (Å²) in [6, 6.07) is 12.0. The van der Waals surface area contributed by atoms with Crippen molar-refractivity contribution in [3.63, 3.8) is 0 Å². The van der Waals surface area contributed by atoms with Crippen LogP contribution in [0, 0.1) is 11.6 Å². The molecule has 2 N–H and O–H groups in total. The number of nitrogens with one attached hydrogen (secondary N) is 2. The lowest BCUT2D eigenvalue weighted by Crippen LogP contribution is -2.32. The molecule has 1 saturated heterocycles. The van der Waals surface area contributed by atoms with Gasteiger partial charge in [-0.3, -0.25) is 0 Å². The Labute approximate surface area is 158 Å². The summed E-state index contributed by atoms with van der Waals surface area (Å²) in [6.45, 7) is 4.17. The largest absolute Gasteiger partial charge is 0.372 e. The lowest BCUT2D eigenvalue weighted by molar-refractivity contribution is 0.577. The van der Waals surface area contributed by atoms with E-state index in [0.29, 0.717) is 0 Å². The third-order valence-corrected chi connectivity index (χ3v) is 4.88. The van der Waals surface area contributed by atoms with Crippen LogP contribution in [0.3, 0.4) is 0 Å². The fourth-order valence-corrected chi connectivity index (χ4v) is 3.45. The van der Waals surface area contributed by atoms with Gasteiger partial charge in [0.2, 0.25) is 0 Å². The van der Waals surface area contributed by atoms with Gasteiger partial charge >= 0.3 is 0 Å². The van der Waals surface area contributed by atoms with Crippen LogP contribution in [0.1, 0.15) is 37.8 Å². The van der Waals surface area contributed by atoms with Gasteiger partial charge in [0.15, 0.2) is 5.11 Å². The van der Waals surface area contributed by atoms with Crippen LogP contribution in [0.15, 0.2) is 42.5 Å². The molecule has 26 heavy (non-hydrogen) atoms. The lowest BCUT2D eigenvalue weighted by Gasteiger charge is -2.29. The Morgan fingerprint density at radius 3 is 2.23 bits per heavy atom. The number of anilines is 2. The summed E-state index contributed by atoms with van der Waals surface area (Å²) in [5.41, 5.74) is 2.05. The first-order valence-corrected chi connectivity index (χ1v) is 9.32. The number of hydrogen-bond donors (Lipinski definition) is 2. The van der Waals surface area contributed by atoms with Crippen LogP contribution in [-0.2, 0) is 0 Å². The van der Waals surface area contributed by atoms with Crippen LogP contribution >= 0.6 is 12.2 Å². The molecule has 1 heterocycles. The topological polar surface area (TPSA) is 27.3 Å². The molecule has 0 spiro atoms. The van der Waals surface area contributed by atoms with Gasteiger partial charge in [-0.25, -0.2) is 8.78 Å². The molecule has 138 valence electrons. The zero-order valence-electron chi connectivity index (χ0n) is 14.8. The second-order valence-corrected chi connectivity index (χ2v) is 6.96. The standard InChI is InChI=1S/C20H23F2N3S/c1-14(23-20(26)24-19-17(21)6-5-7-18(19)22)15-8-10-16(11-9-15)25-12-3-2-4-13-25/h5-11,14H,2-4,12-13H2,1H3,(H2,23,24,26)/t14-/m1/s1. The second kappa shape index (κ2) is 8.45. The van der Waals surface area contributed by atoms with Crippen LogP contribution in [0.4, 0.5) is 20.2 Å². The molecule has 1 fully saturated rings. The fourth-order valence-electron chi connectivity index (χ4n) is 3.17. The Kier molecular flexibility index (Phi) is 6.04. The van der Waals surface area contributed by atoms with E-state index in [9.17, 15) is 8.78 Å². The van der Waals surface area contributed by atoms with Gasteiger partial charge in [0.1, 0.15) is 17.3 Å². The molecule has 2 aromatic carbocycles. The predicted octanol–water partition coefficient (Wildman–Crippen LogP) is 5.00. The molecular weight excluding hydrogens is 352 g/mol. The van der Waals surface area contributed by atoms with Gasteiger partial charge in [-0.2, -0.15) is 0 Å². The number of halogens is 2. The molecule has 0 amide bonds. The summed E-state index contributed by atoms with van der Waals surface area (Å²) in [5, 5.41) is 5.86. The molecular formula is C20H23F2N3S. The van der Waals surface area contributed by atoms with Gasteiger partial charge < -0.3 is 15.5 Å².